The highest BCUT2D eigenvalue weighted by Crippen LogP contribution is 2.36. The van der Waals surface area contributed by atoms with Crippen molar-refractivity contribution in [3.8, 4) is 12.3 Å². The molecule has 0 aliphatic carbocycles. The molecule has 28 heavy (non-hydrogen) atoms. The SMILES string of the molecule is C#CCCC1(CCNC(=O)c2sc3nc4n(c(=O)c3c2C)CCCCC4)N=N1. The predicted octanol–water partition coefficient (Wildman–Crippen LogP) is 3.19. The third-order valence-electron chi connectivity index (χ3n) is 5.48. The maximum Gasteiger partial charge on any atom is 0.262 e. The minimum Gasteiger partial charge on any atom is -0.351 e. The summed E-state index contributed by atoms with van der Waals surface area (Å²) in [6, 6.07) is 0. The van der Waals surface area contributed by atoms with E-state index in [4.69, 9.17) is 11.4 Å². The Morgan fingerprint density at radius 3 is 2.89 bits per heavy atom. The molecule has 0 fully saturated rings. The van der Waals surface area contributed by atoms with Crippen molar-refractivity contribution in [1.82, 2.24) is 14.9 Å². The number of rotatable bonds is 6. The van der Waals surface area contributed by atoms with Gasteiger partial charge in [-0.15, -0.1) is 23.7 Å². The number of aromatic nitrogens is 2. The van der Waals surface area contributed by atoms with Gasteiger partial charge in [-0.3, -0.25) is 14.2 Å². The van der Waals surface area contributed by atoms with E-state index in [2.05, 4.69) is 21.5 Å². The zero-order valence-corrected chi connectivity index (χ0v) is 16.8. The molecule has 0 spiro atoms. The summed E-state index contributed by atoms with van der Waals surface area (Å²) in [5, 5.41) is 11.7. The Balaban J connectivity index is 1.52. The number of amides is 1. The summed E-state index contributed by atoms with van der Waals surface area (Å²) in [5.41, 5.74) is 0.295. The summed E-state index contributed by atoms with van der Waals surface area (Å²) in [6.45, 7) is 3.01. The first-order chi connectivity index (χ1) is 13.5. The largest absolute Gasteiger partial charge is 0.351 e. The molecule has 0 unspecified atom stereocenters. The Morgan fingerprint density at radius 1 is 1.32 bits per heavy atom. The van der Waals surface area contributed by atoms with Crippen LogP contribution in [0.5, 0.6) is 0 Å². The minimum atomic E-state index is -0.410. The van der Waals surface area contributed by atoms with Crippen LogP contribution in [0, 0.1) is 19.3 Å². The third kappa shape index (κ3) is 3.47. The molecule has 0 atom stereocenters. The summed E-state index contributed by atoms with van der Waals surface area (Å²) in [5.74, 6) is 3.27. The average Bonchev–Trinajstić information content (AvgIpc) is 3.41. The summed E-state index contributed by atoms with van der Waals surface area (Å²) < 4.78 is 1.79. The first kappa shape index (κ1) is 18.8. The Hall–Kier alpha value is -2.53. The molecule has 4 rings (SSSR count). The third-order valence-corrected chi connectivity index (χ3v) is 6.67. The number of carbonyl (C=O) groups is 1. The highest BCUT2D eigenvalue weighted by Gasteiger charge is 2.38. The Morgan fingerprint density at radius 2 is 2.14 bits per heavy atom. The molecule has 8 heteroatoms. The van der Waals surface area contributed by atoms with Crippen LogP contribution in [0.1, 0.15) is 59.6 Å². The van der Waals surface area contributed by atoms with E-state index in [-0.39, 0.29) is 11.5 Å². The monoisotopic (exact) mass is 397 g/mol. The number of hydrogen-bond donors (Lipinski definition) is 1. The van der Waals surface area contributed by atoms with Crippen LogP contribution < -0.4 is 10.9 Å². The molecule has 0 saturated heterocycles. The van der Waals surface area contributed by atoms with Crippen molar-refractivity contribution in [3.63, 3.8) is 0 Å². The standard InChI is InChI=1S/C20H23N5O2S/c1-3-4-9-20(23-24-20)10-11-21-17(26)16-13(2)15-18(28-16)22-14-8-6-5-7-12-25(14)19(15)27/h1H,4-12H2,2H3,(H,21,26). The maximum absolute atomic E-state index is 13.0. The van der Waals surface area contributed by atoms with Gasteiger partial charge in [0.1, 0.15) is 10.7 Å². The number of thiophene rings is 1. The molecular weight excluding hydrogens is 374 g/mol. The molecule has 2 aliphatic rings. The summed E-state index contributed by atoms with van der Waals surface area (Å²) in [4.78, 5) is 31.6. The fourth-order valence-corrected chi connectivity index (χ4v) is 4.86. The molecule has 0 bridgehead atoms. The molecule has 2 aliphatic heterocycles. The van der Waals surface area contributed by atoms with Crippen molar-refractivity contribution in [2.24, 2.45) is 10.2 Å². The molecule has 0 saturated carbocycles. The van der Waals surface area contributed by atoms with Gasteiger partial charge in [-0.2, -0.15) is 10.2 Å². The van der Waals surface area contributed by atoms with Gasteiger partial charge in [0.2, 0.25) is 0 Å². The number of fused-ring (bicyclic) bond motifs is 2. The Kier molecular flexibility index (Phi) is 5.02. The fraction of sp³-hybridized carbons (Fsp3) is 0.550. The minimum absolute atomic E-state index is 0.0153. The number of terminal acetylenes is 1. The van der Waals surface area contributed by atoms with Crippen LogP contribution in [-0.2, 0) is 13.0 Å². The van der Waals surface area contributed by atoms with Gasteiger partial charge in [0.15, 0.2) is 5.66 Å². The van der Waals surface area contributed by atoms with E-state index >= 15 is 0 Å². The van der Waals surface area contributed by atoms with Gasteiger partial charge >= 0.3 is 0 Å². The second-order valence-electron chi connectivity index (χ2n) is 7.42. The van der Waals surface area contributed by atoms with Crippen molar-refractivity contribution >= 4 is 27.5 Å². The van der Waals surface area contributed by atoms with E-state index in [9.17, 15) is 9.59 Å². The molecule has 2 aromatic rings. The van der Waals surface area contributed by atoms with Crippen molar-refractivity contribution in [3.05, 3.63) is 26.6 Å². The number of nitrogens with zero attached hydrogens (tertiary/aromatic N) is 4. The Labute approximate surface area is 167 Å². The van der Waals surface area contributed by atoms with Crippen molar-refractivity contribution in [2.75, 3.05) is 6.54 Å². The zero-order chi connectivity index (χ0) is 19.7. The number of nitrogens with one attached hydrogen (secondary N) is 1. The molecule has 1 amide bonds. The lowest BCUT2D eigenvalue weighted by Crippen LogP contribution is -2.28. The molecular formula is C20H23N5O2S. The summed E-state index contributed by atoms with van der Waals surface area (Å²) in [7, 11) is 0. The second kappa shape index (κ2) is 7.47. The summed E-state index contributed by atoms with van der Waals surface area (Å²) in [6.07, 6.45) is 11.3. The zero-order valence-electron chi connectivity index (χ0n) is 16.0. The molecule has 146 valence electrons. The number of carbonyl (C=O) groups excluding carboxylic acids is 1. The molecule has 4 heterocycles. The molecule has 7 nitrogen and oxygen atoms in total. The van der Waals surface area contributed by atoms with Gasteiger partial charge in [-0.1, -0.05) is 6.42 Å². The van der Waals surface area contributed by atoms with Crippen molar-refractivity contribution in [1.29, 1.82) is 0 Å². The van der Waals surface area contributed by atoms with E-state index in [0.717, 1.165) is 37.1 Å². The van der Waals surface area contributed by atoms with E-state index in [1.54, 1.807) is 4.57 Å². The molecule has 0 radical (unpaired) electrons. The van der Waals surface area contributed by atoms with Crippen molar-refractivity contribution < 1.29 is 4.79 Å². The Bertz CT molecular complexity index is 1050. The van der Waals surface area contributed by atoms with E-state index < -0.39 is 5.66 Å². The van der Waals surface area contributed by atoms with Gasteiger partial charge in [0.25, 0.3) is 11.5 Å². The average molecular weight is 398 g/mol. The molecule has 0 aromatic carbocycles. The lowest BCUT2D eigenvalue weighted by Gasteiger charge is -2.09. The highest BCUT2D eigenvalue weighted by atomic mass is 32.1. The van der Waals surface area contributed by atoms with Gasteiger partial charge in [0.05, 0.1) is 10.3 Å². The van der Waals surface area contributed by atoms with Crippen LogP contribution >= 0.6 is 11.3 Å². The predicted molar refractivity (Wildman–Crippen MR) is 109 cm³/mol. The molecule has 2 aromatic heterocycles. The van der Waals surface area contributed by atoms with Gasteiger partial charge in [0, 0.05) is 38.8 Å². The quantitative estimate of drug-likeness (QED) is 0.759. The van der Waals surface area contributed by atoms with Crippen LogP contribution in [-0.4, -0.2) is 27.7 Å². The normalized spacial score (nSPS) is 17.0. The van der Waals surface area contributed by atoms with Gasteiger partial charge in [-0.25, -0.2) is 4.98 Å². The van der Waals surface area contributed by atoms with Crippen molar-refractivity contribution in [2.45, 2.75) is 64.1 Å². The number of hydrogen-bond acceptors (Lipinski definition) is 6. The van der Waals surface area contributed by atoms with Crippen LogP contribution in [0.3, 0.4) is 0 Å². The molecule has 1 N–H and O–H groups in total. The summed E-state index contributed by atoms with van der Waals surface area (Å²) >= 11 is 1.30. The first-order valence-electron chi connectivity index (χ1n) is 9.73. The lowest BCUT2D eigenvalue weighted by molar-refractivity contribution is 0.0955. The second-order valence-corrected chi connectivity index (χ2v) is 8.42. The van der Waals surface area contributed by atoms with E-state index in [1.165, 1.54) is 11.3 Å². The maximum atomic E-state index is 13.0. The topological polar surface area (TPSA) is 88.7 Å². The highest BCUT2D eigenvalue weighted by molar-refractivity contribution is 7.20. The van der Waals surface area contributed by atoms with Crippen LogP contribution in [0.2, 0.25) is 0 Å². The van der Waals surface area contributed by atoms with E-state index in [0.29, 0.717) is 47.4 Å². The van der Waals surface area contributed by atoms with E-state index in [1.807, 2.05) is 6.92 Å². The van der Waals surface area contributed by atoms with Gasteiger partial charge in [-0.05, 0) is 25.3 Å². The number of aryl methyl sites for hydroxylation is 2. The smallest absolute Gasteiger partial charge is 0.262 e. The first-order valence-corrected chi connectivity index (χ1v) is 10.5. The lowest BCUT2D eigenvalue weighted by atomic mass is 10.0. The van der Waals surface area contributed by atoms with Gasteiger partial charge < -0.3 is 5.32 Å². The van der Waals surface area contributed by atoms with Crippen LogP contribution in [0.25, 0.3) is 10.2 Å². The van der Waals surface area contributed by atoms with Crippen LogP contribution in [0.4, 0.5) is 0 Å². The van der Waals surface area contributed by atoms with Crippen LogP contribution in [0.15, 0.2) is 15.0 Å². The fourth-order valence-electron chi connectivity index (χ4n) is 3.75.